The molecule has 2 rings (SSSR count). The zero-order valence-electron chi connectivity index (χ0n) is 15.8. The summed E-state index contributed by atoms with van der Waals surface area (Å²) < 4.78 is 0. The minimum Gasteiger partial charge on any atom is -0.347 e. The van der Waals surface area contributed by atoms with E-state index in [0.717, 1.165) is 17.1 Å². The van der Waals surface area contributed by atoms with Gasteiger partial charge in [0, 0.05) is 45.2 Å². The second-order valence-corrected chi connectivity index (χ2v) is 7.35. The van der Waals surface area contributed by atoms with E-state index >= 15 is 0 Å². The van der Waals surface area contributed by atoms with Gasteiger partial charge in [0.15, 0.2) is 5.96 Å². The van der Waals surface area contributed by atoms with Gasteiger partial charge in [-0.05, 0) is 5.56 Å². The van der Waals surface area contributed by atoms with Gasteiger partial charge in [-0.3, -0.25) is 4.79 Å². The van der Waals surface area contributed by atoms with E-state index in [9.17, 15) is 4.79 Å². The molecule has 1 amide bonds. The van der Waals surface area contributed by atoms with Gasteiger partial charge in [0.1, 0.15) is 0 Å². The molecule has 1 aromatic heterocycles. The molecule has 0 bridgehead atoms. The summed E-state index contributed by atoms with van der Waals surface area (Å²) in [6.07, 6.45) is 1.83. The molecule has 1 aromatic carbocycles. The van der Waals surface area contributed by atoms with Crippen molar-refractivity contribution in [3.05, 3.63) is 52.5 Å². The van der Waals surface area contributed by atoms with E-state index in [1.54, 1.807) is 30.3 Å². The molecule has 26 heavy (non-hydrogen) atoms. The van der Waals surface area contributed by atoms with Crippen molar-refractivity contribution in [2.75, 3.05) is 34.2 Å². The summed E-state index contributed by atoms with van der Waals surface area (Å²) >= 11 is 1.66. The van der Waals surface area contributed by atoms with Gasteiger partial charge in [-0.1, -0.05) is 37.3 Å². The van der Waals surface area contributed by atoms with Crippen LogP contribution in [0.15, 0.2) is 46.9 Å². The molecule has 1 atom stereocenters. The van der Waals surface area contributed by atoms with Crippen molar-refractivity contribution in [1.29, 1.82) is 0 Å². The number of benzene rings is 1. The molecule has 0 fully saturated rings. The summed E-state index contributed by atoms with van der Waals surface area (Å²) in [7, 11) is 5.49. The van der Waals surface area contributed by atoms with Gasteiger partial charge in [-0.15, -0.1) is 11.3 Å². The van der Waals surface area contributed by atoms with Crippen molar-refractivity contribution in [1.82, 2.24) is 20.1 Å². The Bertz CT molecular complexity index is 700. The number of thiazole rings is 1. The zero-order valence-corrected chi connectivity index (χ0v) is 16.7. The fourth-order valence-electron chi connectivity index (χ4n) is 2.43. The Morgan fingerprint density at radius 2 is 2.00 bits per heavy atom. The van der Waals surface area contributed by atoms with Gasteiger partial charge >= 0.3 is 0 Å². The number of aromatic nitrogens is 1. The Labute approximate surface area is 159 Å². The van der Waals surface area contributed by atoms with Gasteiger partial charge in [-0.2, -0.15) is 0 Å². The predicted octanol–water partition coefficient (Wildman–Crippen LogP) is 2.41. The van der Waals surface area contributed by atoms with Crippen LogP contribution in [-0.4, -0.2) is 60.9 Å². The summed E-state index contributed by atoms with van der Waals surface area (Å²) in [5.41, 5.74) is 1.13. The van der Waals surface area contributed by atoms with E-state index in [1.165, 1.54) is 0 Å². The molecule has 0 aliphatic rings. The van der Waals surface area contributed by atoms with Gasteiger partial charge in [0.25, 0.3) is 0 Å². The van der Waals surface area contributed by atoms with Crippen LogP contribution in [0.3, 0.4) is 0 Å². The maximum absolute atomic E-state index is 11.9. The summed E-state index contributed by atoms with van der Waals surface area (Å²) in [6.45, 7) is 3.70. The average molecular weight is 374 g/mol. The quantitative estimate of drug-likeness (QED) is 0.598. The summed E-state index contributed by atoms with van der Waals surface area (Å²) in [5.74, 6) is 1.01. The molecule has 0 aliphatic carbocycles. The highest BCUT2D eigenvalue weighted by Gasteiger charge is 2.15. The van der Waals surface area contributed by atoms with Crippen molar-refractivity contribution in [2.45, 2.75) is 19.4 Å². The topological polar surface area (TPSA) is 60.8 Å². The first-order valence-electron chi connectivity index (χ1n) is 8.60. The number of carbonyl (C=O) groups is 1. The molecule has 140 valence electrons. The molecule has 0 spiro atoms. The molecule has 6 nitrogen and oxygen atoms in total. The lowest BCUT2D eigenvalue weighted by Crippen LogP contribution is -2.44. The largest absolute Gasteiger partial charge is 0.347 e. The van der Waals surface area contributed by atoms with Crippen molar-refractivity contribution >= 4 is 23.2 Å². The van der Waals surface area contributed by atoms with Crippen LogP contribution in [0, 0.1) is 0 Å². The number of hydrogen-bond donors (Lipinski definition) is 1. The van der Waals surface area contributed by atoms with Crippen LogP contribution in [0.25, 0.3) is 0 Å². The van der Waals surface area contributed by atoms with Crippen molar-refractivity contribution in [3.8, 4) is 0 Å². The fraction of sp³-hybridized carbons (Fsp3) is 0.421. The van der Waals surface area contributed by atoms with Gasteiger partial charge in [0.2, 0.25) is 5.91 Å². The second-order valence-electron chi connectivity index (χ2n) is 6.42. The number of likely N-dealkylation sites (N-methyl/N-ethyl adjacent to an activating group) is 2. The monoisotopic (exact) mass is 373 g/mol. The van der Waals surface area contributed by atoms with E-state index in [1.807, 2.05) is 49.0 Å². The third-order valence-electron chi connectivity index (χ3n) is 3.93. The van der Waals surface area contributed by atoms with Crippen molar-refractivity contribution in [3.63, 3.8) is 0 Å². The first-order valence-corrected chi connectivity index (χ1v) is 9.48. The van der Waals surface area contributed by atoms with E-state index in [2.05, 4.69) is 22.1 Å². The lowest BCUT2D eigenvalue weighted by Gasteiger charge is -2.25. The Balaban J connectivity index is 2.06. The third kappa shape index (κ3) is 6.15. The highest BCUT2D eigenvalue weighted by Crippen LogP contribution is 2.18. The Morgan fingerprint density at radius 1 is 1.27 bits per heavy atom. The number of guanidine groups is 1. The Morgan fingerprint density at radius 3 is 2.62 bits per heavy atom. The number of nitrogens with zero attached hydrogens (tertiary/aromatic N) is 4. The van der Waals surface area contributed by atoms with E-state index in [-0.39, 0.29) is 18.4 Å². The number of aliphatic imine (C=N–C) groups is 1. The van der Waals surface area contributed by atoms with Crippen LogP contribution in [0.1, 0.15) is 23.4 Å². The Kier molecular flexibility index (Phi) is 7.59. The van der Waals surface area contributed by atoms with Crippen LogP contribution >= 0.6 is 11.3 Å². The number of amides is 1. The summed E-state index contributed by atoms with van der Waals surface area (Å²) in [4.78, 5) is 24.7. The van der Waals surface area contributed by atoms with E-state index in [0.29, 0.717) is 12.5 Å². The zero-order chi connectivity index (χ0) is 18.9. The SMILES string of the molecule is CC(CN(C)C(=NCc1ccccc1)NCC(=O)N(C)C)c1nccs1. The predicted molar refractivity (Wildman–Crippen MR) is 107 cm³/mol. The molecule has 1 unspecified atom stereocenters. The minimum atomic E-state index is 0.0128. The molecule has 0 saturated carbocycles. The van der Waals surface area contributed by atoms with Crippen molar-refractivity contribution < 1.29 is 4.79 Å². The van der Waals surface area contributed by atoms with Gasteiger partial charge < -0.3 is 15.1 Å². The second kappa shape index (κ2) is 9.91. The number of nitrogens with one attached hydrogen (secondary N) is 1. The van der Waals surface area contributed by atoms with E-state index in [4.69, 9.17) is 4.99 Å². The molecule has 1 N–H and O–H groups in total. The molecule has 0 saturated heterocycles. The fourth-order valence-corrected chi connectivity index (χ4v) is 3.12. The summed E-state index contributed by atoms with van der Waals surface area (Å²) in [5, 5.41) is 6.28. The maximum Gasteiger partial charge on any atom is 0.241 e. The normalized spacial score (nSPS) is 12.5. The highest BCUT2D eigenvalue weighted by molar-refractivity contribution is 7.09. The number of rotatable bonds is 7. The van der Waals surface area contributed by atoms with E-state index < -0.39 is 0 Å². The van der Waals surface area contributed by atoms with Crippen LogP contribution in [-0.2, 0) is 11.3 Å². The lowest BCUT2D eigenvalue weighted by molar-refractivity contribution is -0.127. The van der Waals surface area contributed by atoms with Gasteiger partial charge in [-0.25, -0.2) is 9.98 Å². The number of carbonyl (C=O) groups excluding carboxylic acids is 1. The maximum atomic E-state index is 11.9. The standard InChI is InChI=1S/C19H27N5OS/c1-15(18-20-10-11-26-18)14-24(4)19(22-13-17(25)23(2)3)21-12-16-8-6-5-7-9-16/h5-11,15H,12-14H2,1-4H3,(H,21,22). The molecular weight excluding hydrogens is 346 g/mol. The molecule has 0 aliphatic heterocycles. The van der Waals surface area contributed by atoms with Crippen LogP contribution in [0.5, 0.6) is 0 Å². The minimum absolute atomic E-state index is 0.0128. The average Bonchev–Trinajstić information content (AvgIpc) is 3.17. The lowest BCUT2D eigenvalue weighted by atomic mass is 10.2. The first kappa shape index (κ1) is 19.9. The van der Waals surface area contributed by atoms with Crippen LogP contribution in [0.2, 0.25) is 0 Å². The molecule has 0 radical (unpaired) electrons. The molecule has 7 heteroatoms. The van der Waals surface area contributed by atoms with Crippen LogP contribution in [0.4, 0.5) is 0 Å². The molecular formula is C19H27N5OS. The summed E-state index contributed by atoms with van der Waals surface area (Å²) in [6, 6.07) is 10.1. The van der Waals surface area contributed by atoms with Crippen LogP contribution < -0.4 is 5.32 Å². The molecule has 2 aromatic rings. The Hall–Kier alpha value is -2.41. The van der Waals surface area contributed by atoms with Crippen molar-refractivity contribution in [2.24, 2.45) is 4.99 Å². The highest BCUT2D eigenvalue weighted by atomic mass is 32.1. The first-order chi connectivity index (χ1) is 12.5. The third-order valence-corrected chi connectivity index (χ3v) is 4.94. The molecule has 1 heterocycles. The number of hydrogen-bond acceptors (Lipinski definition) is 4. The smallest absolute Gasteiger partial charge is 0.241 e. The van der Waals surface area contributed by atoms with Gasteiger partial charge in [0.05, 0.1) is 18.1 Å².